The number of carbonyl (C=O) groups is 1. The number of rotatable bonds is 1. The molecule has 2 rings (SSSR count). The smallest absolute Gasteiger partial charge is 0.314 e. The topological polar surface area (TPSA) is 55.6 Å². The lowest BCUT2D eigenvalue weighted by Gasteiger charge is -2.32. The summed E-state index contributed by atoms with van der Waals surface area (Å²) in [5, 5.41) is 0. The summed E-state index contributed by atoms with van der Waals surface area (Å²) in [4.78, 5) is 12.5. The highest BCUT2D eigenvalue weighted by molar-refractivity contribution is 5.72. The van der Waals surface area contributed by atoms with Crippen LogP contribution in [0.4, 0.5) is 9.18 Å². The summed E-state index contributed by atoms with van der Waals surface area (Å²) in [6, 6.07) is 4.48. The molecule has 0 radical (unpaired) electrons. The second kappa shape index (κ2) is 4.71. The molecule has 1 aliphatic rings. The number of halogens is 1. The Morgan fingerprint density at radius 3 is 3.00 bits per heavy atom. The molecule has 1 aromatic rings. The summed E-state index contributed by atoms with van der Waals surface area (Å²) in [6.45, 7) is 2.96. The van der Waals surface area contributed by atoms with Crippen molar-refractivity contribution < 1.29 is 13.9 Å². The van der Waals surface area contributed by atoms with E-state index >= 15 is 0 Å². The molecule has 1 unspecified atom stereocenters. The Kier molecular flexibility index (Phi) is 3.28. The predicted octanol–water partition coefficient (Wildman–Crippen LogP) is 1.59. The Bertz CT molecular complexity index is 437. The molecule has 4 nitrogen and oxygen atoms in total. The molecule has 1 saturated heterocycles. The maximum atomic E-state index is 13.7. The molecule has 0 bridgehead atoms. The minimum absolute atomic E-state index is 0.301. The van der Waals surface area contributed by atoms with Gasteiger partial charge in [0.15, 0.2) is 0 Å². The van der Waals surface area contributed by atoms with Gasteiger partial charge in [-0.1, -0.05) is 12.1 Å². The van der Waals surface area contributed by atoms with Crippen LogP contribution in [-0.2, 0) is 4.74 Å². The molecule has 17 heavy (non-hydrogen) atoms. The third-order valence-electron chi connectivity index (χ3n) is 2.88. The van der Waals surface area contributed by atoms with Crippen LogP contribution in [0, 0.1) is 12.7 Å². The number of hydrogen-bond acceptors (Lipinski definition) is 2. The zero-order valence-corrected chi connectivity index (χ0v) is 9.65. The molecule has 1 aromatic carbocycles. The Hall–Kier alpha value is -1.62. The van der Waals surface area contributed by atoms with Crippen molar-refractivity contribution in [3.8, 4) is 0 Å². The molecule has 1 atom stereocenters. The summed E-state index contributed by atoms with van der Waals surface area (Å²) in [6.07, 6.45) is -0.433. The van der Waals surface area contributed by atoms with Gasteiger partial charge in [-0.3, -0.25) is 0 Å². The van der Waals surface area contributed by atoms with Crippen molar-refractivity contribution in [2.45, 2.75) is 13.0 Å². The van der Waals surface area contributed by atoms with Crippen LogP contribution in [0.25, 0.3) is 0 Å². The number of amides is 2. The molecular formula is C12H15FN2O2. The fourth-order valence-electron chi connectivity index (χ4n) is 1.93. The van der Waals surface area contributed by atoms with Gasteiger partial charge in [-0.15, -0.1) is 0 Å². The molecule has 2 amide bonds. The van der Waals surface area contributed by atoms with Crippen LogP contribution >= 0.6 is 0 Å². The fourth-order valence-corrected chi connectivity index (χ4v) is 1.93. The van der Waals surface area contributed by atoms with Gasteiger partial charge in [0.25, 0.3) is 0 Å². The van der Waals surface area contributed by atoms with Crippen molar-refractivity contribution in [3.05, 3.63) is 35.1 Å². The van der Waals surface area contributed by atoms with Gasteiger partial charge in [0.2, 0.25) is 0 Å². The van der Waals surface area contributed by atoms with Crippen LogP contribution in [0.2, 0.25) is 0 Å². The Morgan fingerprint density at radius 2 is 2.35 bits per heavy atom. The van der Waals surface area contributed by atoms with Gasteiger partial charge in [0.05, 0.1) is 13.2 Å². The summed E-state index contributed by atoms with van der Waals surface area (Å²) in [5.74, 6) is -0.304. The van der Waals surface area contributed by atoms with Crippen LogP contribution in [0.15, 0.2) is 18.2 Å². The number of benzene rings is 1. The normalized spacial score (nSPS) is 20.4. The number of nitrogens with two attached hydrogens (primary N) is 1. The molecule has 5 heteroatoms. The number of morpholine rings is 1. The SMILES string of the molecule is Cc1ccc(C2CN(C(N)=O)CCO2)c(F)c1. The van der Waals surface area contributed by atoms with Crippen LogP contribution in [-0.4, -0.2) is 30.6 Å². The lowest BCUT2D eigenvalue weighted by atomic mass is 10.1. The molecule has 0 spiro atoms. The third-order valence-corrected chi connectivity index (χ3v) is 2.88. The van der Waals surface area contributed by atoms with Gasteiger partial charge in [-0.25, -0.2) is 9.18 Å². The van der Waals surface area contributed by atoms with Gasteiger partial charge in [-0.2, -0.15) is 0 Å². The standard InChI is InChI=1S/C12H15FN2O2/c1-8-2-3-9(10(13)6-8)11-7-15(12(14)16)4-5-17-11/h2-3,6,11H,4-5,7H2,1H3,(H2,14,16). The van der Waals surface area contributed by atoms with Gasteiger partial charge in [0.1, 0.15) is 11.9 Å². The first-order chi connectivity index (χ1) is 8.08. The van der Waals surface area contributed by atoms with E-state index in [1.54, 1.807) is 6.07 Å². The van der Waals surface area contributed by atoms with Gasteiger partial charge >= 0.3 is 6.03 Å². The van der Waals surface area contributed by atoms with Crippen LogP contribution in [0.5, 0.6) is 0 Å². The van der Waals surface area contributed by atoms with E-state index < -0.39 is 12.1 Å². The second-order valence-corrected chi connectivity index (χ2v) is 4.17. The zero-order valence-electron chi connectivity index (χ0n) is 9.65. The molecule has 0 aromatic heterocycles. The van der Waals surface area contributed by atoms with Crippen molar-refractivity contribution in [1.82, 2.24) is 4.90 Å². The van der Waals surface area contributed by atoms with E-state index in [-0.39, 0.29) is 5.82 Å². The summed E-state index contributed by atoms with van der Waals surface area (Å²) < 4.78 is 19.2. The lowest BCUT2D eigenvalue weighted by Crippen LogP contribution is -2.45. The van der Waals surface area contributed by atoms with Gasteiger partial charge in [-0.05, 0) is 18.6 Å². The number of primary amides is 1. The molecule has 2 N–H and O–H groups in total. The molecule has 1 heterocycles. The summed E-state index contributed by atoms with van der Waals surface area (Å²) in [5.41, 5.74) is 6.54. The highest BCUT2D eigenvalue weighted by atomic mass is 19.1. The van der Waals surface area contributed by atoms with E-state index in [2.05, 4.69) is 0 Å². The van der Waals surface area contributed by atoms with Crippen molar-refractivity contribution >= 4 is 6.03 Å². The number of aryl methyl sites for hydroxylation is 1. The van der Waals surface area contributed by atoms with Crippen molar-refractivity contribution in [2.75, 3.05) is 19.7 Å². The van der Waals surface area contributed by atoms with Crippen molar-refractivity contribution in [3.63, 3.8) is 0 Å². The number of ether oxygens (including phenoxy) is 1. The summed E-state index contributed by atoms with van der Waals surface area (Å²) in [7, 11) is 0. The van der Waals surface area contributed by atoms with Gasteiger partial charge in [0, 0.05) is 12.1 Å². The Balaban J connectivity index is 2.19. The highest BCUT2D eigenvalue weighted by Gasteiger charge is 2.25. The van der Waals surface area contributed by atoms with E-state index in [1.807, 2.05) is 13.0 Å². The molecule has 1 fully saturated rings. The quantitative estimate of drug-likeness (QED) is 0.807. The predicted molar refractivity (Wildman–Crippen MR) is 61.0 cm³/mol. The van der Waals surface area contributed by atoms with Crippen molar-refractivity contribution in [2.24, 2.45) is 5.73 Å². The monoisotopic (exact) mass is 238 g/mol. The minimum Gasteiger partial charge on any atom is -0.370 e. The van der Waals surface area contributed by atoms with E-state index in [1.165, 1.54) is 11.0 Å². The summed E-state index contributed by atoms with van der Waals surface area (Å²) >= 11 is 0. The number of nitrogens with zero attached hydrogens (tertiary/aromatic N) is 1. The van der Waals surface area contributed by atoms with E-state index in [9.17, 15) is 9.18 Å². The first-order valence-electron chi connectivity index (χ1n) is 5.50. The maximum Gasteiger partial charge on any atom is 0.314 e. The molecule has 0 aliphatic carbocycles. The Labute approximate surface area is 99.2 Å². The lowest BCUT2D eigenvalue weighted by molar-refractivity contribution is -0.0158. The first-order valence-corrected chi connectivity index (χ1v) is 5.50. The van der Waals surface area contributed by atoms with E-state index in [0.717, 1.165) is 5.56 Å². The molecule has 0 saturated carbocycles. The minimum atomic E-state index is -0.495. The molecule has 92 valence electrons. The zero-order chi connectivity index (χ0) is 12.4. The van der Waals surface area contributed by atoms with E-state index in [4.69, 9.17) is 10.5 Å². The molecular weight excluding hydrogens is 223 g/mol. The number of carbonyl (C=O) groups excluding carboxylic acids is 1. The third kappa shape index (κ3) is 2.55. The average Bonchev–Trinajstić information content (AvgIpc) is 2.29. The second-order valence-electron chi connectivity index (χ2n) is 4.17. The van der Waals surface area contributed by atoms with Crippen LogP contribution in [0.1, 0.15) is 17.2 Å². The van der Waals surface area contributed by atoms with Crippen molar-refractivity contribution in [1.29, 1.82) is 0 Å². The average molecular weight is 238 g/mol. The van der Waals surface area contributed by atoms with Crippen LogP contribution < -0.4 is 5.73 Å². The largest absolute Gasteiger partial charge is 0.370 e. The fraction of sp³-hybridized carbons (Fsp3) is 0.417. The number of urea groups is 1. The van der Waals surface area contributed by atoms with Gasteiger partial charge < -0.3 is 15.4 Å². The first kappa shape index (κ1) is 11.9. The van der Waals surface area contributed by atoms with E-state index in [0.29, 0.717) is 25.3 Å². The van der Waals surface area contributed by atoms with Crippen LogP contribution in [0.3, 0.4) is 0 Å². The Morgan fingerprint density at radius 1 is 1.59 bits per heavy atom. The molecule has 1 aliphatic heterocycles. The maximum absolute atomic E-state index is 13.7. The highest BCUT2D eigenvalue weighted by Crippen LogP contribution is 2.25. The number of hydrogen-bond donors (Lipinski definition) is 1.